The first kappa shape index (κ1) is 18.0. The number of likely N-dealkylation sites (tertiary alicyclic amines) is 1. The first-order valence-electron chi connectivity index (χ1n) is 8.74. The smallest absolute Gasteiger partial charge is 0.228 e. The van der Waals surface area contributed by atoms with Gasteiger partial charge in [0.1, 0.15) is 5.82 Å². The predicted molar refractivity (Wildman–Crippen MR) is 98.0 cm³/mol. The second kappa shape index (κ2) is 8.06. The number of hydrogen-bond acceptors (Lipinski definition) is 4. The normalized spacial score (nSPS) is 20.7. The zero-order chi connectivity index (χ0) is 17.8. The fourth-order valence-electron chi connectivity index (χ4n) is 3.46. The molecule has 1 saturated heterocycles. The van der Waals surface area contributed by atoms with Crippen molar-refractivity contribution in [1.82, 2.24) is 9.88 Å². The molecule has 2 heterocycles. The monoisotopic (exact) mass is 361 g/mol. The standard InChI is InChI=1S/C19H24FN3OS/c1-13-3-2-8-23(17(13)11-21)19(24)10-16-12-25-18(22-16)9-14-4-6-15(20)7-5-14/h4-7,12-13,17H,2-3,8-11,21H2,1H3. The Bertz CT molecular complexity index is 716. The number of rotatable bonds is 5. The maximum absolute atomic E-state index is 13.0. The summed E-state index contributed by atoms with van der Waals surface area (Å²) in [6.07, 6.45) is 3.15. The van der Waals surface area contributed by atoms with Crippen LogP contribution in [0.1, 0.15) is 36.0 Å². The van der Waals surface area contributed by atoms with Gasteiger partial charge < -0.3 is 10.6 Å². The number of aromatic nitrogens is 1. The van der Waals surface area contributed by atoms with Crippen LogP contribution in [-0.2, 0) is 17.6 Å². The molecule has 134 valence electrons. The highest BCUT2D eigenvalue weighted by molar-refractivity contribution is 7.09. The van der Waals surface area contributed by atoms with Gasteiger partial charge in [-0.15, -0.1) is 11.3 Å². The molecule has 1 aromatic heterocycles. The number of carbonyl (C=O) groups is 1. The third kappa shape index (κ3) is 4.44. The van der Waals surface area contributed by atoms with Crippen LogP contribution in [0.15, 0.2) is 29.6 Å². The van der Waals surface area contributed by atoms with Crippen molar-refractivity contribution in [3.8, 4) is 0 Å². The molecule has 1 fully saturated rings. The van der Waals surface area contributed by atoms with Crippen molar-refractivity contribution in [3.63, 3.8) is 0 Å². The zero-order valence-electron chi connectivity index (χ0n) is 14.5. The maximum atomic E-state index is 13.0. The van der Waals surface area contributed by atoms with E-state index in [0.29, 0.717) is 25.3 Å². The fourth-order valence-corrected chi connectivity index (χ4v) is 4.29. The van der Waals surface area contributed by atoms with Gasteiger partial charge in [0, 0.05) is 30.9 Å². The third-order valence-corrected chi connectivity index (χ3v) is 5.78. The van der Waals surface area contributed by atoms with Gasteiger partial charge >= 0.3 is 0 Å². The minimum Gasteiger partial charge on any atom is -0.338 e. The number of piperidine rings is 1. The number of nitrogens with two attached hydrogens (primary N) is 1. The molecule has 0 bridgehead atoms. The van der Waals surface area contributed by atoms with Crippen molar-refractivity contribution in [3.05, 3.63) is 51.7 Å². The average Bonchev–Trinajstić information content (AvgIpc) is 3.03. The molecule has 0 radical (unpaired) electrons. The van der Waals surface area contributed by atoms with Crippen LogP contribution in [0.3, 0.4) is 0 Å². The molecule has 0 saturated carbocycles. The molecule has 1 aromatic carbocycles. The second-order valence-electron chi connectivity index (χ2n) is 6.72. The fraction of sp³-hybridized carbons (Fsp3) is 0.474. The lowest BCUT2D eigenvalue weighted by molar-refractivity contribution is -0.135. The van der Waals surface area contributed by atoms with E-state index >= 15 is 0 Å². The molecule has 1 aliphatic heterocycles. The van der Waals surface area contributed by atoms with Crippen LogP contribution in [0, 0.1) is 11.7 Å². The minimum absolute atomic E-state index is 0.112. The highest BCUT2D eigenvalue weighted by atomic mass is 32.1. The minimum atomic E-state index is -0.237. The van der Waals surface area contributed by atoms with Crippen molar-refractivity contribution < 1.29 is 9.18 Å². The number of carbonyl (C=O) groups excluding carboxylic acids is 1. The molecule has 25 heavy (non-hydrogen) atoms. The van der Waals surface area contributed by atoms with Crippen LogP contribution in [-0.4, -0.2) is 34.9 Å². The van der Waals surface area contributed by atoms with Crippen molar-refractivity contribution in [2.24, 2.45) is 11.7 Å². The number of thiazole rings is 1. The molecular weight excluding hydrogens is 337 g/mol. The molecule has 0 spiro atoms. The molecule has 2 aromatic rings. The van der Waals surface area contributed by atoms with E-state index in [1.54, 1.807) is 23.5 Å². The molecule has 3 rings (SSSR count). The van der Waals surface area contributed by atoms with Gasteiger partial charge in [0.15, 0.2) is 0 Å². The van der Waals surface area contributed by atoms with Crippen molar-refractivity contribution >= 4 is 17.2 Å². The summed E-state index contributed by atoms with van der Waals surface area (Å²) in [5.74, 6) is 0.326. The molecule has 0 aliphatic carbocycles. The van der Waals surface area contributed by atoms with Crippen molar-refractivity contribution in [2.45, 2.75) is 38.6 Å². The van der Waals surface area contributed by atoms with E-state index in [4.69, 9.17) is 5.73 Å². The van der Waals surface area contributed by atoms with E-state index in [-0.39, 0.29) is 17.8 Å². The summed E-state index contributed by atoms with van der Waals surface area (Å²) in [6.45, 7) is 3.47. The van der Waals surface area contributed by atoms with Gasteiger partial charge in [-0.3, -0.25) is 4.79 Å². The van der Waals surface area contributed by atoms with Crippen LogP contribution >= 0.6 is 11.3 Å². The van der Waals surface area contributed by atoms with Gasteiger partial charge in [-0.25, -0.2) is 9.37 Å². The van der Waals surface area contributed by atoms with Gasteiger partial charge in [-0.05, 0) is 36.5 Å². The summed E-state index contributed by atoms with van der Waals surface area (Å²) in [5, 5.41) is 2.89. The lowest BCUT2D eigenvalue weighted by Crippen LogP contribution is -2.51. The first-order valence-corrected chi connectivity index (χ1v) is 9.62. The summed E-state index contributed by atoms with van der Waals surface area (Å²) in [6, 6.07) is 6.58. The Morgan fingerprint density at radius 1 is 1.40 bits per heavy atom. The summed E-state index contributed by atoms with van der Waals surface area (Å²) < 4.78 is 13.0. The zero-order valence-corrected chi connectivity index (χ0v) is 15.3. The predicted octanol–water partition coefficient (Wildman–Crippen LogP) is 3.00. The molecule has 6 heteroatoms. The Morgan fingerprint density at radius 3 is 2.88 bits per heavy atom. The lowest BCUT2D eigenvalue weighted by Gasteiger charge is -2.39. The molecular formula is C19H24FN3OS. The van der Waals surface area contributed by atoms with Gasteiger partial charge in [0.25, 0.3) is 0 Å². The van der Waals surface area contributed by atoms with E-state index in [1.807, 2.05) is 10.3 Å². The number of nitrogens with zero attached hydrogens (tertiary/aromatic N) is 2. The van der Waals surface area contributed by atoms with E-state index in [0.717, 1.165) is 35.7 Å². The highest BCUT2D eigenvalue weighted by Crippen LogP contribution is 2.24. The number of halogens is 1. The van der Waals surface area contributed by atoms with Crippen LogP contribution in [0.2, 0.25) is 0 Å². The van der Waals surface area contributed by atoms with Crippen LogP contribution in [0.4, 0.5) is 4.39 Å². The topological polar surface area (TPSA) is 59.2 Å². The average molecular weight is 361 g/mol. The second-order valence-corrected chi connectivity index (χ2v) is 7.66. The first-order chi connectivity index (χ1) is 12.1. The van der Waals surface area contributed by atoms with Gasteiger partial charge in [0.2, 0.25) is 5.91 Å². The van der Waals surface area contributed by atoms with Gasteiger partial charge in [0.05, 0.1) is 17.1 Å². The highest BCUT2D eigenvalue weighted by Gasteiger charge is 2.30. The number of hydrogen-bond donors (Lipinski definition) is 1. The SMILES string of the molecule is CC1CCCN(C(=O)Cc2csc(Cc3ccc(F)cc3)n2)C1CN. The summed E-state index contributed by atoms with van der Waals surface area (Å²) in [7, 11) is 0. The molecule has 2 atom stereocenters. The molecule has 1 aliphatic rings. The van der Waals surface area contributed by atoms with Gasteiger partial charge in [-0.1, -0.05) is 19.1 Å². The van der Waals surface area contributed by atoms with Crippen molar-refractivity contribution in [2.75, 3.05) is 13.1 Å². The quantitative estimate of drug-likeness (QED) is 0.891. The lowest BCUT2D eigenvalue weighted by atomic mass is 9.90. The largest absolute Gasteiger partial charge is 0.338 e. The van der Waals surface area contributed by atoms with E-state index in [1.165, 1.54) is 12.1 Å². The summed E-state index contributed by atoms with van der Waals surface area (Å²) in [5.41, 5.74) is 7.70. The molecule has 2 N–H and O–H groups in total. The molecule has 1 amide bonds. The number of benzene rings is 1. The van der Waals surface area contributed by atoms with E-state index < -0.39 is 0 Å². The number of amides is 1. The van der Waals surface area contributed by atoms with Crippen LogP contribution in [0.5, 0.6) is 0 Å². The Morgan fingerprint density at radius 2 is 2.16 bits per heavy atom. The Labute approximate surface area is 151 Å². The molecule has 2 unspecified atom stereocenters. The Hall–Kier alpha value is -1.79. The van der Waals surface area contributed by atoms with Crippen molar-refractivity contribution in [1.29, 1.82) is 0 Å². The van der Waals surface area contributed by atoms with E-state index in [9.17, 15) is 9.18 Å². The third-order valence-electron chi connectivity index (χ3n) is 4.88. The maximum Gasteiger partial charge on any atom is 0.228 e. The van der Waals surface area contributed by atoms with Crippen LogP contribution in [0.25, 0.3) is 0 Å². The molecule has 4 nitrogen and oxygen atoms in total. The van der Waals surface area contributed by atoms with Gasteiger partial charge in [-0.2, -0.15) is 0 Å². The van der Waals surface area contributed by atoms with Crippen LogP contribution < -0.4 is 5.73 Å². The summed E-state index contributed by atoms with van der Waals surface area (Å²) >= 11 is 1.54. The Kier molecular flexibility index (Phi) is 5.81. The van der Waals surface area contributed by atoms with E-state index in [2.05, 4.69) is 11.9 Å². The summed E-state index contributed by atoms with van der Waals surface area (Å²) in [4.78, 5) is 19.2. The Balaban J connectivity index is 1.62.